The number of piperidine rings is 2. The van der Waals surface area contributed by atoms with Crippen LogP contribution < -0.4 is 10.6 Å². The molecular formula is C21H35N5O2. The fraction of sp³-hybridized carbons (Fsp3) is 0.762. The van der Waals surface area contributed by atoms with Gasteiger partial charge in [0.1, 0.15) is 5.92 Å². The number of carbonyl (C=O) groups excluding carboxylic acids is 2. The van der Waals surface area contributed by atoms with E-state index in [-0.39, 0.29) is 11.8 Å². The fourth-order valence-corrected chi connectivity index (χ4v) is 3.65. The predicted octanol–water partition coefficient (Wildman–Crippen LogP) is 1.97. The van der Waals surface area contributed by atoms with Gasteiger partial charge in [-0.15, -0.1) is 0 Å². The van der Waals surface area contributed by atoms with Gasteiger partial charge in [0.25, 0.3) is 0 Å². The van der Waals surface area contributed by atoms with Crippen molar-refractivity contribution in [1.29, 1.82) is 5.26 Å². The highest BCUT2D eigenvalue weighted by Crippen LogP contribution is 2.10. The van der Waals surface area contributed by atoms with Gasteiger partial charge >= 0.3 is 0 Å². The largest absolute Gasteiger partial charge is 0.343 e. The van der Waals surface area contributed by atoms with E-state index in [1.54, 1.807) is 0 Å². The highest BCUT2D eigenvalue weighted by Gasteiger charge is 2.18. The zero-order valence-electron chi connectivity index (χ0n) is 17.0. The smallest absolute Gasteiger partial charge is 0.238 e. The standard InChI is InChI=1S/C21H35N5O2/c22-16-19(21(28)24-18-26-14-8-3-9-15-26)10-4-1-5-11-20(27)23-17-25-12-6-2-7-13-25/h1,5,19H,2-4,6-15,17-18H2,(H,23,27)(H,24,28). The van der Waals surface area contributed by atoms with Crippen LogP contribution in [0.1, 0.15) is 57.8 Å². The van der Waals surface area contributed by atoms with Crippen LogP contribution >= 0.6 is 0 Å². The predicted molar refractivity (Wildman–Crippen MR) is 109 cm³/mol. The molecule has 2 heterocycles. The molecule has 2 rings (SSSR count). The highest BCUT2D eigenvalue weighted by molar-refractivity contribution is 5.81. The molecule has 2 aliphatic rings. The molecule has 156 valence electrons. The quantitative estimate of drug-likeness (QED) is 0.558. The second kappa shape index (κ2) is 13.3. The Bertz CT molecular complexity index is 545. The maximum absolute atomic E-state index is 12.2. The molecule has 1 atom stereocenters. The Morgan fingerprint density at radius 1 is 0.893 bits per heavy atom. The first kappa shape index (κ1) is 22.4. The van der Waals surface area contributed by atoms with Gasteiger partial charge in [-0.3, -0.25) is 19.4 Å². The average molecular weight is 390 g/mol. The summed E-state index contributed by atoms with van der Waals surface area (Å²) in [6, 6.07) is 2.10. The van der Waals surface area contributed by atoms with Crippen molar-refractivity contribution < 1.29 is 9.59 Å². The summed E-state index contributed by atoms with van der Waals surface area (Å²) in [5.74, 6) is -0.818. The minimum Gasteiger partial charge on any atom is -0.343 e. The van der Waals surface area contributed by atoms with Gasteiger partial charge in [-0.2, -0.15) is 5.26 Å². The first-order valence-electron chi connectivity index (χ1n) is 10.7. The summed E-state index contributed by atoms with van der Waals surface area (Å²) in [5, 5.41) is 15.1. The summed E-state index contributed by atoms with van der Waals surface area (Å²) in [4.78, 5) is 28.5. The van der Waals surface area contributed by atoms with Crippen molar-refractivity contribution >= 4 is 11.8 Å². The number of likely N-dealkylation sites (tertiary alicyclic amines) is 2. The van der Waals surface area contributed by atoms with Crippen molar-refractivity contribution in [2.24, 2.45) is 5.92 Å². The van der Waals surface area contributed by atoms with Crippen molar-refractivity contribution in [3.05, 3.63) is 12.2 Å². The Balaban J connectivity index is 1.55. The number of nitrogens with one attached hydrogen (secondary N) is 2. The van der Waals surface area contributed by atoms with Crippen molar-refractivity contribution in [3.8, 4) is 6.07 Å². The van der Waals surface area contributed by atoms with E-state index in [1.165, 1.54) is 38.5 Å². The van der Waals surface area contributed by atoms with E-state index in [9.17, 15) is 14.9 Å². The van der Waals surface area contributed by atoms with E-state index in [4.69, 9.17) is 0 Å². The van der Waals surface area contributed by atoms with Gasteiger partial charge in [-0.25, -0.2) is 0 Å². The molecule has 0 aromatic heterocycles. The molecule has 0 saturated carbocycles. The molecule has 0 bridgehead atoms. The molecule has 2 aliphatic heterocycles. The van der Waals surface area contributed by atoms with Crippen LogP contribution in [-0.2, 0) is 9.59 Å². The van der Waals surface area contributed by atoms with Crippen molar-refractivity contribution in [2.45, 2.75) is 57.8 Å². The summed E-state index contributed by atoms with van der Waals surface area (Å²) in [6.45, 7) is 5.31. The Morgan fingerprint density at radius 2 is 1.46 bits per heavy atom. The molecular weight excluding hydrogens is 354 g/mol. The van der Waals surface area contributed by atoms with Crippen LogP contribution in [0.15, 0.2) is 12.2 Å². The molecule has 2 saturated heterocycles. The first-order valence-corrected chi connectivity index (χ1v) is 10.7. The zero-order chi connectivity index (χ0) is 20.0. The maximum atomic E-state index is 12.2. The molecule has 0 spiro atoms. The highest BCUT2D eigenvalue weighted by atomic mass is 16.2. The number of carbonyl (C=O) groups is 2. The number of rotatable bonds is 10. The molecule has 0 aliphatic carbocycles. The second-order valence-corrected chi connectivity index (χ2v) is 7.75. The lowest BCUT2D eigenvalue weighted by Crippen LogP contribution is -2.42. The van der Waals surface area contributed by atoms with E-state index in [2.05, 4.69) is 26.5 Å². The van der Waals surface area contributed by atoms with E-state index in [0.717, 1.165) is 26.2 Å². The molecule has 2 fully saturated rings. The molecule has 2 N–H and O–H groups in total. The van der Waals surface area contributed by atoms with Crippen molar-refractivity contribution in [3.63, 3.8) is 0 Å². The average Bonchev–Trinajstić information content (AvgIpc) is 2.74. The Labute approximate surface area is 169 Å². The minimum atomic E-state index is -0.637. The Morgan fingerprint density at radius 3 is 2.04 bits per heavy atom. The summed E-state index contributed by atoms with van der Waals surface area (Å²) in [7, 11) is 0. The lowest BCUT2D eigenvalue weighted by Gasteiger charge is -2.26. The fourth-order valence-electron chi connectivity index (χ4n) is 3.65. The number of hydrogen-bond donors (Lipinski definition) is 2. The number of nitrogens with zero attached hydrogens (tertiary/aromatic N) is 3. The van der Waals surface area contributed by atoms with Gasteiger partial charge in [-0.05, 0) is 64.7 Å². The first-order chi connectivity index (χ1) is 13.7. The third-order valence-corrected chi connectivity index (χ3v) is 5.44. The molecule has 2 amide bonds. The number of hydrogen-bond acceptors (Lipinski definition) is 5. The van der Waals surface area contributed by atoms with E-state index >= 15 is 0 Å². The Kier molecular flexibility index (Phi) is 10.6. The van der Waals surface area contributed by atoms with Gasteiger partial charge in [0.2, 0.25) is 11.8 Å². The molecule has 7 heteroatoms. The summed E-state index contributed by atoms with van der Waals surface area (Å²) in [6.07, 6.45) is 12.5. The van der Waals surface area contributed by atoms with Crippen molar-refractivity contribution in [1.82, 2.24) is 20.4 Å². The molecule has 0 aromatic rings. The van der Waals surface area contributed by atoms with Gasteiger partial charge in [0, 0.05) is 6.42 Å². The molecule has 1 unspecified atom stereocenters. The number of nitriles is 1. The van der Waals surface area contributed by atoms with E-state index in [0.29, 0.717) is 32.6 Å². The van der Waals surface area contributed by atoms with Crippen LogP contribution in [0.2, 0.25) is 0 Å². The van der Waals surface area contributed by atoms with Crippen LogP contribution in [0.4, 0.5) is 0 Å². The molecule has 0 aromatic carbocycles. The van der Waals surface area contributed by atoms with Gasteiger partial charge in [-0.1, -0.05) is 25.0 Å². The SMILES string of the molecule is N#CC(CCC=CCC(=O)NCN1CCCCC1)C(=O)NCN1CCCCC1. The summed E-state index contributed by atoms with van der Waals surface area (Å²) >= 11 is 0. The van der Waals surface area contributed by atoms with Crippen LogP contribution in [0.3, 0.4) is 0 Å². The van der Waals surface area contributed by atoms with Gasteiger partial charge in [0.15, 0.2) is 0 Å². The minimum absolute atomic E-state index is 0.0120. The number of amides is 2. The zero-order valence-corrected chi connectivity index (χ0v) is 17.0. The summed E-state index contributed by atoms with van der Waals surface area (Å²) in [5.41, 5.74) is 0. The molecule has 28 heavy (non-hydrogen) atoms. The molecule has 0 radical (unpaired) electrons. The van der Waals surface area contributed by atoms with Crippen molar-refractivity contribution in [2.75, 3.05) is 39.5 Å². The Hall–Kier alpha value is -1.91. The third kappa shape index (κ3) is 8.85. The lowest BCUT2D eigenvalue weighted by atomic mass is 10.0. The monoisotopic (exact) mass is 389 g/mol. The van der Waals surface area contributed by atoms with Crippen LogP contribution in [-0.4, -0.2) is 61.1 Å². The maximum Gasteiger partial charge on any atom is 0.238 e. The van der Waals surface area contributed by atoms with E-state index < -0.39 is 5.92 Å². The third-order valence-electron chi connectivity index (χ3n) is 5.44. The van der Waals surface area contributed by atoms with Crippen LogP contribution in [0.25, 0.3) is 0 Å². The van der Waals surface area contributed by atoms with Crippen LogP contribution in [0, 0.1) is 17.2 Å². The number of allylic oxidation sites excluding steroid dienone is 1. The van der Waals surface area contributed by atoms with E-state index in [1.807, 2.05) is 12.2 Å². The van der Waals surface area contributed by atoms with Gasteiger partial charge < -0.3 is 10.6 Å². The van der Waals surface area contributed by atoms with Crippen LogP contribution in [0.5, 0.6) is 0 Å². The second-order valence-electron chi connectivity index (χ2n) is 7.75. The molecule has 7 nitrogen and oxygen atoms in total. The lowest BCUT2D eigenvalue weighted by molar-refractivity contribution is -0.124. The van der Waals surface area contributed by atoms with Gasteiger partial charge in [0.05, 0.1) is 19.4 Å². The topological polar surface area (TPSA) is 88.5 Å². The normalized spacial score (nSPS) is 19.8. The summed E-state index contributed by atoms with van der Waals surface area (Å²) < 4.78 is 0.